The van der Waals surface area contributed by atoms with Gasteiger partial charge < -0.3 is 15.1 Å². The summed E-state index contributed by atoms with van der Waals surface area (Å²) in [5.41, 5.74) is 0.225. The molecule has 2 rings (SSSR count). The largest absolute Gasteiger partial charge is 0.396 e. The lowest BCUT2D eigenvalue weighted by atomic mass is 9.61. The minimum absolute atomic E-state index is 0.0565. The van der Waals surface area contributed by atoms with Gasteiger partial charge in [-0.15, -0.1) is 0 Å². The van der Waals surface area contributed by atoms with E-state index in [1.807, 2.05) is 0 Å². The first-order chi connectivity index (χ1) is 7.68. The fourth-order valence-electron chi connectivity index (χ4n) is 4.20. The summed E-state index contributed by atoms with van der Waals surface area (Å²) in [7, 11) is 2.14. The van der Waals surface area contributed by atoms with Crippen LogP contribution in [0, 0.1) is 10.8 Å². The zero-order valence-corrected chi connectivity index (χ0v) is 10.4. The summed E-state index contributed by atoms with van der Waals surface area (Å²) >= 11 is 0. The molecule has 2 N–H and O–H groups in total. The minimum atomic E-state index is 0.0565. The standard InChI is InChI=1S/C13H25NO2/c1-14-9-12(7-8-15)5-3-2-4-6-13(12,10-14)11-16/h15-16H,2-11H2,1H3. The number of hydrogen-bond donors (Lipinski definition) is 2. The van der Waals surface area contributed by atoms with Gasteiger partial charge in [0.2, 0.25) is 0 Å². The van der Waals surface area contributed by atoms with Crippen LogP contribution in [0.3, 0.4) is 0 Å². The van der Waals surface area contributed by atoms with Crippen LogP contribution in [-0.2, 0) is 0 Å². The van der Waals surface area contributed by atoms with Crippen molar-refractivity contribution in [1.29, 1.82) is 0 Å². The Kier molecular flexibility index (Phi) is 3.57. The third kappa shape index (κ3) is 1.79. The first-order valence-electron chi connectivity index (χ1n) is 6.58. The number of nitrogens with zero attached hydrogens (tertiary/aromatic N) is 1. The summed E-state index contributed by atoms with van der Waals surface area (Å²) in [6.07, 6.45) is 6.96. The van der Waals surface area contributed by atoms with Gasteiger partial charge in [0.25, 0.3) is 0 Å². The molecule has 1 heterocycles. The third-order valence-corrected chi connectivity index (χ3v) is 4.97. The molecule has 3 nitrogen and oxygen atoms in total. The topological polar surface area (TPSA) is 43.7 Å². The second kappa shape index (κ2) is 4.63. The van der Waals surface area contributed by atoms with E-state index in [-0.39, 0.29) is 24.0 Å². The molecule has 2 aliphatic rings. The van der Waals surface area contributed by atoms with Crippen LogP contribution in [0.1, 0.15) is 38.5 Å². The maximum atomic E-state index is 9.88. The van der Waals surface area contributed by atoms with Gasteiger partial charge in [0.05, 0.1) is 6.61 Å². The fraction of sp³-hybridized carbons (Fsp3) is 1.00. The van der Waals surface area contributed by atoms with Gasteiger partial charge in [-0.1, -0.05) is 19.3 Å². The first-order valence-corrected chi connectivity index (χ1v) is 6.58. The van der Waals surface area contributed by atoms with Gasteiger partial charge in [0.15, 0.2) is 0 Å². The van der Waals surface area contributed by atoms with Gasteiger partial charge in [0, 0.05) is 25.1 Å². The van der Waals surface area contributed by atoms with Crippen molar-refractivity contribution in [1.82, 2.24) is 4.90 Å². The molecule has 0 aromatic rings. The van der Waals surface area contributed by atoms with Crippen LogP contribution in [-0.4, -0.2) is 48.5 Å². The van der Waals surface area contributed by atoms with Crippen molar-refractivity contribution in [3.8, 4) is 0 Å². The van der Waals surface area contributed by atoms with E-state index in [0.29, 0.717) is 0 Å². The molecule has 3 heteroatoms. The van der Waals surface area contributed by atoms with Crippen LogP contribution in [0.5, 0.6) is 0 Å². The molecule has 2 fully saturated rings. The lowest BCUT2D eigenvalue weighted by molar-refractivity contribution is 0.000350. The molecule has 0 radical (unpaired) electrons. The van der Waals surface area contributed by atoms with E-state index < -0.39 is 0 Å². The maximum absolute atomic E-state index is 9.88. The van der Waals surface area contributed by atoms with Gasteiger partial charge in [-0.3, -0.25) is 0 Å². The van der Waals surface area contributed by atoms with Crippen LogP contribution < -0.4 is 0 Å². The minimum Gasteiger partial charge on any atom is -0.396 e. The molecule has 1 aliphatic heterocycles. The number of aliphatic hydroxyl groups is 2. The Morgan fingerprint density at radius 2 is 1.62 bits per heavy atom. The Morgan fingerprint density at radius 3 is 2.25 bits per heavy atom. The summed E-state index contributed by atoms with van der Waals surface area (Å²) in [5, 5.41) is 19.2. The van der Waals surface area contributed by atoms with Crippen molar-refractivity contribution in [2.45, 2.75) is 38.5 Å². The second-order valence-corrected chi connectivity index (χ2v) is 5.93. The van der Waals surface area contributed by atoms with Crippen molar-refractivity contribution in [3.63, 3.8) is 0 Å². The fourth-order valence-corrected chi connectivity index (χ4v) is 4.20. The van der Waals surface area contributed by atoms with E-state index in [1.165, 1.54) is 25.7 Å². The predicted molar refractivity (Wildman–Crippen MR) is 64.2 cm³/mol. The lowest BCUT2D eigenvalue weighted by Gasteiger charge is -2.43. The average Bonchev–Trinajstić information content (AvgIpc) is 2.41. The average molecular weight is 227 g/mol. The molecule has 1 saturated heterocycles. The maximum Gasteiger partial charge on any atom is 0.0505 e. The zero-order chi connectivity index (χ0) is 11.6. The predicted octanol–water partition coefficient (Wildman–Crippen LogP) is 1.24. The molecule has 94 valence electrons. The van der Waals surface area contributed by atoms with E-state index in [0.717, 1.165) is 25.9 Å². The van der Waals surface area contributed by atoms with Gasteiger partial charge in [-0.25, -0.2) is 0 Å². The number of fused-ring (bicyclic) bond motifs is 1. The molecule has 0 aromatic heterocycles. The Balaban J connectivity index is 2.30. The number of likely N-dealkylation sites (tertiary alicyclic amines) is 1. The molecule has 16 heavy (non-hydrogen) atoms. The summed E-state index contributed by atoms with van der Waals surface area (Å²) in [6.45, 7) is 2.60. The van der Waals surface area contributed by atoms with Crippen molar-refractivity contribution in [2.75, 3.05) is 33.4 Å². The van der Waals surface area contributed by atoms with Crippen molar-refractivity contribution in [2.24, 2.45) is 10.8 Å². The lowest BCUT2D eigenvalue weighted by Crippen LogP contribution is -2.43. The highest BCUT2D eigenvalue weighted by molar-refractivity contribution is 5.06. The molecule has 0 aromatic carbocycles. The Bertz CT molecular complexity index is 246. The molecule has 0 bridgehead atoms. The van der Waals surface area contributed by atoms with Crippen LogP contribution in [0.2, 0.25) is 0 Å². The normalized spacial score (nSPS) is 40.7. The van der Waals surface area contributed by atoms with Crippen molar-refractivity contribution < 1.29 is 10.2 Å². The number of hydrogen-bond acceptors (Lipinski definition) is 3. The Hall–Kier alpha value is -0.120. The monoisotopic (exact) mass is 227 g/mol. The summed E-state index contributed by atoms with van der Waals surface area (Å²) in [6, 6.07) is 0. The SMILES string of the molecule is CN1CC2(CO)CCCCCC2(CCO)C1. The molecule has 0 amide bonds. The van der Waals surface area contributed by atoms with Crippen molar-refractivity contribution in [3.05, 3.63) is 0 Å². The molecule has 2 atom stereocenters. The van der Waals surface area contributed by atoms with E-state index in [2.05, 4.69) is 11.9 Å². The molecule has 1 aliphatic carbocycles. The summed E-state index contributed by atoms with van der Waals surface area (Å²) in [5.74, 6) is 0. The summed E-state index contributed by atoms with van der Waals surface area (Å²) < 4.78 is 0. The second-order valence-electron chi connectivity index (χ2n) is 5.93. The Morgan fingerprint density at radius 1 is 1.00 bits per heavy atom. The van der Waals surface area contributed by atoms with Gasteiger partial charge >= 0.3 is 0 Å². The molecular weight excluding hydrogens is 202 g/mol. The third-order valence-electron chi connectivity index (χ3n) is 4.97. The quantitative estimate of drug-likeness (QED) is 0.762. The highest BCUT2D eigenvalue weighted by atomic mass is 16.3. The van der Waals surface area contributed by atoms with Crippen molar-refractivity contribution >= 4 is 0 Å². The zero-order valence-electron chi connectivity index (χ0n) is 10.4. The van der Waals surface area contributed by atoms with Gasteiger partial charge in [0.1, 0.15) is 0 Å². The Labute approximate surface area is 98.5 Å². The van der Waals surface area contributed by atoms with E-state index >= 15 is 0 Å². The molecule has 1 saturated carbocycles. The van der Waals surface area contributed by atoms with Crippen LogP contribution in [0.15, 0.2) is 0 Å². The highest BCUT2D eigenvalue weighted by Crippen LogP contribution is 2.55. The molecule has 2 unspecified atom stereocenters. The first kappa shape index (κ1) is 12.3. The molecule has 0 spiro atoms. The van der Waals surface area contributed by atoms with Crippen LogP contribution in [0.25, 0.3) is 0 Å². The number of rotatable bonds is 3. The molecular formula is C13H25NO2. The number of aliphatic hydroxyl groups excluding tert-OH is 2. The van der Waals surface area contributed by atoms with E-state index in [4.69, 9.17) is 0 Å². The van der Waals surface area contributed by atoms with E-state index in [1.54, 1.807) is 0 Å². The smallest absolute Gasteiger partial charge is 0.0505 e. The van der Waals surface area contributed by atoms with E-state index in [9.17, 15) is 10.2 Å². The highest BCUT2D eigenvalue weighted by Gasteiger charge is 2.55. The van der Waals surface area contributed by atoms with Crippen LogP contribution in [0.4, 0.5) is 0 Å². The van der Waals surface area contributed by atoms with Gasteiger partial charge in [-0.05, 0) is 31.7 Å². The van der Waals surface area contributed by atoms with Crippen LogP contribution >= 0.6 is 0 Å². The summed E-state index contributed by atoms with van der Waals surface area (Å²) in [4.78, 5) is 2.34. The van der Waals surface area contributed by atoms with Gasteiger partial charge in [-0.2, -0.15) is 0 Å².